The predicted molar refractivity (Wildman–Crippen MR) is 142 cm³/mol. The number of nitrogens with zero attached hydrogens (tertiary/aromatic N) is 5. The van der Waals surface area contributed by atoms with Crippen LogP contribution in [-0.4, -0.2) is 86.0 Å². The van der Waals surface area contributed by atoms with Crippen molar-refractivity contribution in [3.8, 4) is 6.01 Å². The number of pyridine rings is 1. The first kappa shape index (κ1) is 26.7. The largest absolute Gasteiger partial charge is 0.461 e. The lowest BCUT2D eigenvalue weighted by atomic mass is 9.95. The molecule has 4 atom stereocenters. The summed E-state index contributed by atoms with van der Waals surface area (Å²) in [7, 11) is 0. The number of carbonyl (C=O) groups excluding carboxylic acids is 1. The van der Waals surface area contributed by atoms with E-state index in [9.17, 15) is 9.18 Å². The highest BCUT2D eigenvalue weighted by Gasteiger charge is 2.49. The Morgan fingerprint density at radius 2 is 2.00 bits per heavy atom. The number of carbonyl (C=O) groups is 1. The number of rotatable bonds is 5. The molecule has 9 nitrogen and oxygen atoms in total. The maximum Gasteiger partial charge on any atom is 0.410 e. The number of amides is 1. The van der Waals surface area contributed by atoms with E-state index in [1.807, 2.05) is 25.7 Å². The molecule has 6 heterocycles. The Balaban J connectivity index is 1.23. The number of aromatic nitrogens is 3. The number of nitrogens with one attached hydrogen (secondary N) is 1. The topological polar surface area (TPSA) is 92.7 Å². The molecule has 2 bridgehead atoms. The van der Waals surface area contributed by atoms with Gasteiger partial charge in [0.2, 0.25) is 0 Å². The fourth-order valence-electron chi connectivity index (χ4n) is 6.94. The van der Waals surface area contributed by atoms with Gasteiger partial charge in [-0.15, -0.1) is 0 Å². The second-order valence-electron chi connectivity index (χ2n) is 12.4. The van der Waals surface area contributed by atoms with Gasteiger partial charge in [-0.2, -0.15) is 9.97 Å². The molecule has 2 aromatic heterocycles. The molecule has 0 spiro atoms. The van der Waals surface area contributed by atoms with Gasteiger partial charge in [0.15, 0.2) is 11.0 Å². The van der Waals surface area contributed by atoms with Gasteiger partial charge in [-0.25, -0.2) is 18.6 Å². The summed E-state index contributed by atoms with van der Waals surface area (Å²) in [5, 5.41) is 3.59. The zero-order chi connectivity index (χ0) is 27.5. The van der Waals surface area contributed by atoms with Crippen LogP contribution in [0.4, 0.5) is 19.4 Å². The number of anilines is 1. The van der Waals surface area contributed by atoms with Crippen molar-refractivity contribution < 1.29 is 23.0 Å². The van der Waals surface area contributed by atoms with Crippen LogP contribution in [0.2, 0.25) is 5.15 Å². The van der Waals surface area contributed by atoms with Crippen molar-refractivity contribution in [2.24, 2.45) is 0 Å². The highest BCUT2D eigenvalue weighted by Crippen LogP contribution is 2.41. The Labute approximate surface area is 231 Å². The maximum absolute atomic E-state index is 15.1. The van der Waals surface area contributed by atoms with Crippen LogP contribution in [-0.2, 0) is 4.74 Å². The molecule has 0 saturated carbocycles. The number of fused-ring (bicyclic) bond motifs is 4. The third-order valence-electron chi connectivity index (χ3n) is 8.53. The van der Waals surface area contributed by atoms with Crippen LogP contribution >= 0.6 is 11.6 Å². The van der Waals surface area contributed by atoms with Gasteiger partial charge in [-0.05, 0) is 65.8 Å². The van der Waals surface area contributed by atoms with Crippen LogP contribution in [0.15, 0.2) is 6.20 Å². The molecule has 2 aromatic rings. The van der Waals surface area contributed by atoms with Gasteiger partial charge in [0, 0.05) is 37.3 Å². The lowest BCUT2D eigenvalue weighted by molar-refractivity contribution is 0.00682. The Bertz CT molecular complexity index is 1260. The first-order valence-corrected chi connectivity index (χ1v) is 14.2. The minimum absolute atomic E-state index is 0.00285. The SMILES string of the molecule is CC(C)(C)OC(=O)N1C2CCC1CC(Nc1nc(OC[C@@]34CCCN3C[C@H](F)C4)nc3c(F)c(Cl)ncc13)C2. The Kier molecular flexibility index (Phi) is 6.73. The Morgan fingerprint density at radius 3 is 2.72 bits per heavy atom. The molecular weight excluding hydrogens is 530 g/mol. The van der Waals surface area contributed by atoms with E-state index < -0.39 is 17.6 Å². The molecule has 0 radical (unpaired) electrons. The summed E-state index contributed by atoms with van der Waals surface area (Å²) in [5.41, 5.74) is -0.918. The zero-order valence-electron chi connectivity index (χ0n) is 22.6. The summed E-state index contributed by atoms with van der Waals surface area (Å²) in [5.74, 6) is -0.335. The van der Waals surface area contributed by atoms with Crippen molar-refractivity contribution in [2.75, 3.05) is 25.0 Å². The van der Waals surface area contributed by atoms with Crippen LogP contribution < -0.4 is 10.1 Å². The first-order chi connectivity index (χ1) is 18.5. The smallest absolute Gasteiger partial charge is 0.410 e. The lowest BCUT2D eigenvalue weighted by Gasteiger charge is -2.39. The van der Waals surface area contributed by atoms with Crippen molar-refractivity contribution in [3.05, 3.63) is 17.2 Å². The molecule has 1 N–H and O–H groups in total. The average molecular weight is 565 g/mol. The highest BCUT2D eigenvalue weighted by molar-refractivity contribution is 6.30. The Morgan fingerprint density at radius 1 is 1.26 bits per heavy atom. The molecule has 39 heavy (non-hydrogen) atoms. The van der Waals surface area contributed by atoms with Crippen LogP contribution in [0, 0.1) is 5.82 Å². The van der Waals surface area contributed by atoms with E-state index in [-0.39, 0.29) is 53.0 Å². The molecule has 0 aliphatic carbocycles. The molecule has 6 rings (SSSR count). The van der Waals surface area contributed by atoms with Crippen LogP contribution in [0.25, 0.3) is 10.9 Å². The molecule has 1 amide bonds. The molecule has 212 valence electrons. The molecule has 4 saturated heterocycles. The number of alkyl halides is 1. The van der Waals surface area contributed by atoms with Gasteiger partial charge >= 0.3 is 12.1 Å². The first-order valence-electron chi connectivity index (χ1n) is 13.8. The van der Waals surface area contributed by atoms with Gasteiger partial charge in [0.1, 0.15) is 29.7 Å². The van der Waals surface area contributed by atoms with Crippen molar-refractivity contribution in [2.45, 2.75) is 101 Å². The summed E-state index contributed by atoms with van der Waals surface area (Å²) in [4.78, 5) is 29.8. The van der Waals surface area contributed by atoms with Crippen molar-refractivity contribution >= 4 is 34.4 Å². The van der Waals surface area contributed by atoms with E-state index >= 15 is 4.39 Å². The van der Waals surface area contributed by atoms with Crippen molar-refractivity contribution in [1.82, 2.24) is 24.8 Å². The lowest BCUT2D eigenvalue weighted by Crippen LogP contribution is -2.51. The number of ether oxygens (including phenoxy) is 2. The van der Waals surface area contributed by atoms with E-state index in [0.29, 0.717) is 37.0 Å². The average Bonchev–Trinajstić information content (AvgIpc) is 3.47. The van der Waals surface area contributed by atoms with Gasteiger partial charge in [0.25, 0.3) is 0 Å². The number of hydrogen-bond donors (Lipinski definition) is 1. The van der Waals surface area contributed by atoms with Gasteiger partial charge < -0.3 is 19.7 Å². The molecular formula is C27H35ClF2N6O3. The van der Waals surface area contributed by atoms with Gasteiger partial charge in [-0.3, -0.25) is 4.90 Å². The van der Waals surface area contributed by atoms with E-state index in [1.54, 1.807) is 0 Å². The standard InChI is InChI=1S/C27H35ClF2N6O3/c1-26(2,3)39-25(37)36-17-5-6-18(36)10-16(9-17)32-23-19-12-31-22(28)20(30)21(19)33-24(34-23)38-14-27-7-4-8-35(27)13-15(29)11-27/h12,15-18H,4-11,13-14H2,1-3H3,(H,32,33,34)/t15-,16?,17?,18?,27+/m1/s1. The quantitative estimate of drug-likeness (QED) is 0.501. The monoisotopic (exact) mass is 564 g/mol. The molecule has 4 fully saturated rings. The summed E-state index contributed by atoms with van der Waals surface area (Å²) in [6.45, 7) is 7.09. The third kappa shape index (κ3) is 5.08. The second-order valence-corrected chi connectivity index (χ2v) is 12.8. The minimum atomic E-state index is -0.882. The van der Waals surface area contributed by atoms with E-state index in [1.165, 1.54) is 6.20 Å². The van der Waals surface area contributed by atoms with Gasteiger partial charge in [-0.1, -0.05) is 11.6 Å². The molecule has 0 aromatic carbocycles. The van der Waals surface area contributed by atoms with E-state index in [2.05, 4.69) is 25.2 Å². The number of piperidine rings is 1. The summed E-state index contributed by atoms with van der Waals surface area (Å²) >= 11 is 5.99. The molecule has 4 aliphatic rings. The van der Waals surface area contributed by atoms with E-state index in [4.69, 9.17) is 21.1 Å². The summed E-state index contributed by atoms with van der Waals surface area (Å²) in [6, 6.07) is 0.112. The number of hydrogen-bond acceptors (Lipinski definition) is 8. The molecule has 12 heteroatoms. The van der Waals surface area contributed by atoms with E-state index in [0.717, 1.165) is 32.2 Å². The summed E-state index contributed by atoms with van der Waals surface area (Å²) in [6.07, 6.45) is 5.76. The third-order valence-corrected chi connectivity index (χ3v) is 8.79. The summed E-state index contributed by atoms with van der Waals surface area (Å²) < 4.78 is 41.0. The zero-order valence-corrected chi connectivity index (χ0v) is 23.3. The van der Waals surface area contributed by atoms with Crippen LogP contribution in [0.3, 0.4) is 0 Å². The highest BCUT2D eigenvalue weighted by atomic mass is 35.5. The maximum atomic E-state index is 15.1. The van der Waals surface area contributed by atoms with Crippen molar-refractivity contribution in [3.63, 3.8) is 0 Å². The predicted octanol–water partition coefficient (Wildman–Crippen LogP) is 5.11. The second kappa shape index (κ2) is 9.83. The number of halogens is 3. The molecule has 2 unspecified atom stereocenters. The van der Waals surface area contributed by atoms with Crippen molar-refractivity contribution in [1.29, 1.82) is 0 Å². The van der Waals surface area contributed by atoms with Crippen LogP contribution in [0.1, 0.15) is 65.7 Å². The normalized spacial score (nSPS) is 30.6. The fraction of sp³-hybridized carbons (Fsp3) is 0.704. The minimum Gasteiger partial charge on any atom is -0.461 e. The fourth-order valence-corrected chi connectivity index (χ4v) is 7.08. The Hall–Kier alpha value is -2.53. The van der Waals surface area contributed by atoms with Crippen LogP contribution in [0.5, 0.6) is 6.01 Å². The molecule has 4 aliphatic heterocycles. The van der Waals surface area contributed by atoms with Gasteiger partial charge in [0.05, 0.1) is 10.9 Å².